The van der Waals surface area contributed by atoms with Gasteiger partial charge in [-0.15, -0.1) is 0 Å². The van der Waals surface area contributed by atoms with E-state index in [2.05, 4.69) is 12.2 Å². The zero-order chi connectivity index (χ0) is 6.97. The normalized spacial score (nSPS) is 45.9. The highest BCUT2D eigenvalue weighted by atomic mass is 14.9. The Bertz CT molecular complexity index is 118. The Kier molecular flexibility index (Phi) is 1.69. The van der Waals surface area contributed by atoms with E-state index in [9.17, 15) is 0 Å². The average Bonchev–Trinajstić information content (AvgIpc) is 1.92. The van der Waals surface area contributed by atoms with Gasteiger partial charge in [-0.25, -0.2) is 0 Å². The van der Waals surface area contributed by atoms with Gasteiger partial charge >= 0.3 is 0 Å². The molecule has 0 aromatic heterocycles. The lowest BCUT2D eigenvalue weighted by atomic mass is 9.61. The molecule has 1 heterocycles. The minimum Gasteiger partial charge on any atom is -0.316 e. The molecular weight excluding hydrogens is 122 g/mol. The lowest BCUT2D eigenvalue weighted by Gasteiger charge is -2.48. The molecule has 1 saturated carbocycles. The van der Waals surface area contributed by atoms with Crippen molar-refractivity contribution in [1.29, 1.82) is 0 Å². The van der Waals surface area contributed by atoms with Gasteiger partial charge in [0, 0.05) is 0 Å². The van der Waals surface area contributed by atoms with Crippen LogP contribution in [0.15, 0.2) is 0 Å². The minimum absolute atomic E-state index is 1.05. The molecule has 10 heavy (non-hydrogen) atoms. The predicted octanol–water partition coefficient (Wildman–Crippen LogP) is 1.64. The Morgan fingerprint density at radius 3 is 3.10 bits per heavy atom. The van der Waals surface area contributed by atoms with Crippen LogP contribution in [-0.2, 0) is 0 Å². The first-order valence-electron chi connectivity index (χ1n) is 4.62. The molecule has 1 saturated heterocycles. The molecule has 0 aromatic rings. The van der Waals surface area contributed by atoms with Crippen molar-refractivity contribution in [2.75, 3.05) is 13.1 Å². The largest absolute Gasteiger partial charge is 0.316 e. The van der Waals surface area contributed by atoms with Gasteiger partial charge in [0.25, 0.3) is 0 Å². The van der Waals surface area contributed by atoms with Crippen LogP contribution in [0.4, 0.5) is 0 Å². The van der Waals surface area contributed by atoms with Crippen molar-refractivity contribution < 1.29 is 0 Å². The Labute approximate surface area is 63.2 Å². The number of rotatable bonds is 1. The van der Waals surface area contributed by atoms with Gasteiger partial charge in [-0.1, -0.05) is 13.3 Å². The quantitative estimate of drug-likeness (QED) is 0.582. The molecule has 0 spiro atoms. The first-order valence-corrected chi connectivity index (χ1v) is 4.62. The third kappa shape index (κ3) is 0.878. The highest BCUT2D eigenvalue weighted by Crippen LogP contribution is 2.45. The zero-order valence-corrected chi connectivity index (χ0v) is 6.77. The molecule has 0 aromatic carbocycles. The first kappa shape index (κ1) is 6.66. The van der Waals surface area contributed by atoms with Crippen LogP contribution in [0.2, 0.25) is 0 Å². The van der Waals surface area contributed by atoms with Crippen LogP contribution in [0.3, 0.4) is 0 Å². The summed E-state index contributed by atoms with van der Waals surface area (Å²) < 4.78 is 0. The van der Waals surface area contributed by atoms with Crippen molar-refractivity contribution in [3.63, 3.8) is 0 Å². The van der Waals surface area contributed by atoms with E-state index in [1.54, 1.807) is 0 Å². The van der Waals surface area contributed by atoms with E-state index in [0.29, 0.717) is 0 Å². The molecule has 0 amide bonds. The van der Waals surface area contributed by atoms with Crippen molar-refractivity contribution >= 4 is 0 Å². The van der Waals surface area contributed by atoms with Crippen LogP contribution in [0.5, 0.6) is 0 Å². The number of piperidine rings is 1. The zero-order valence-electron chi connectivity index (χ0n) is 6.77. The fourth-order valence-electron chi connectivity index (χ4n) is 2.66. The molecule has 1 nitrogen and oxygen atoms in total. The highest BCUT2D eigenvalue weighted by Gasteiger charge is 2.40. The molecule has 2 fully saturated rings. The smallest absolute Gasteiger partial charge is 0.00177 e. The second-order valence-corrected chi connectivity index (χ2v) is 3.82. The molecule has 1 heteroatoms. The molecule has 58 valence electrons. The predicted molar refractivity (Wildman–Crippen MR) is 42.9 cm³/mol. The van der Waals surface area contributed by atoms with Crippen LogP contribution in [0, 0.1) is 17.8 Å². The maximum absolute atomic E-state index is 3.46. The fourth-order valence-corrected chi connectivity index (χ4v) is 2.66. The van der Waals surface area contributed by atoms with Gasteiger partial charge in [0.15, 0.2) is 0 Å². The summed E-state index contributed by atoms with van der Waals surface area (Å²) in [5.74, 6) is 3.25. The molecule has 0 radical (unpaired) electrons. The number of hydrogen-bond acceptors (Lipinski definition) is 1. The Balaban J connectivity index is 1.89. The van der Waals surface area contributed by atoms with Gasteiger partial charge in [-0.2, -0.15) is 0 Å². The average molecular weight is 139 g/mol. The van der Waals surface area contributed by atoms with E-state index in [0.717, 1.165) is 17.8 Å². The molecule has 3 atom stereocenters. The fraction of sp³-hybridized carbons (Fsp3) is 1.00. The molecule has 1 N–H and O–H groups in total. The number of hydrogen-bond donors (Lipinski definition) is 1. The Morgan fingerprint density at radius 1 is 1.50 bits per heavy atom. The maximum Gasteiger partial charge on any atom is -0.00177 e. The van der Waals surface area contributed by atoms with Gasteiger partial charge in [-0.05, 0) is 43.7 Å². The topological polar surface area (TPSA) is 12.0 Å². The van der Waals surface area contributed by atoms with Crippen LogP contribution in [0.1, 0.15) is 26.2 Å². The third-order valence-corrected chi connectivity index (χ3v) is 3.40. The van der Waals surface area contributed by atoms with Crippen LogP contribution in [-0.4, -0.2) is 13.1 Å². The SMILES string of the molecule is CCC1CC2CNCCC12. The lowest BCUT2D eigenvalue weighted by Crippen LogP contribution is -2.48. The second-order valence-electron chi connectivity index (χ2n) is 3.82. The van der Waals surface area contributed by atoms with E-state index < -0.39 is 0 Å². The number of nitrogens with one attached hydrogen (secondary N) is 1. The summed E-state index contributed by atoms with van der Waals surface area (Å²) in [7, 11) is 0. The van der Waals surface area contributed by atoms with Crippen LogP contribution < -0.4 is 5.32 Å². The molecule has 1 aliphatic carbocycles. The van der Waals surface area contributed by atoms with E-state index in [1.165, 1.54) is 32.4 Å². The van der Waals surface area contributed by atoms with Crippen molar-refractivity contribution in [1.82, 2.24) is 5.32 Å². The van der Waals surface area contributed by atoms with Crippen molar-refractivity contribution in [3.05, 3.63) is 0 Å². The summed E-state index contributed by atoms with van der Waals surface area (Å²) in [5.41, 5.74) is 0. The summed E-state index contributed by atoms with van der Waals surface area (Å²) in [6, 6.07) is 0. The summed E-state index contributed by atoms with van der Waals surface area (Å²) in [6.07, 6.45) is 4.37. The lowest BCUT2D eigenvalue weighted by molar-refractivity contribution is 0.0388. The summed E-state index contributed by atoms with van der Waals surface area (Å²) >= 11 is 0. The Morgan fingerprint density at radius 2 is 2.40 bits per heavy atom. The molecule has 2 aliphatic rings. The standard InChI is InChI=1S/C9H17N/c1-2-7-5-8-6-10-4-3-9(7)8/h7-10H,2-6H2,1H3. The van der Waals surface area contributed by atoms with Crippen LogP contribution in [0.25, 0.3) is 0 Å². The molecule has 1 aliphatic heterocycles. The van der Waals surface area contributed by atoms with E-state index in [-0.39, 0.29) is 0 Å². The van der Waals surface area contributed by atoms with Gasteiger partial charge in [0.2, 0.25) is 0 Å². The van der Waals surface area contributed by atoms with Gasteiger partial charge in [0.05, 0.1) is 0 Å². The number of fused-ring (bicyclic) bond motifs is 1. The molecule has 2 rings (SSSR count). The van der Waals surface area contributed by atoms with Crippen LogP contribution >= 0.6 is 0 Å². The van der Waals surface area contributed by atoms with E-state index >= 15 is 0 Å². The van der Waals surface area contributed by atoms with Gasteiger partial charge in [0.1, 0.15) is 0 Å². The van der Waals surface area contributed by atoms with Gasteiger partial charge < -0.3 is 5.32 Å². The molecular formula is C9H17N. The third-order valence-electron chi connectivity index (χ3n) is 3.40. The van der Waals surface area contributed by atoms with Gasteiger partial charge in [-0.3, -0.25) is 0 Å². The summed E-state index contributed by atoms with van der Waals surface area (Å²) in [4.78, 5) is 0. The van der Waals surface area contributed by atoms with Crippen molar-refractivity contribution in [2.45, 2.75) is 26.2 Å². The summed E-state index contributed by atoms with van der Waals surface area (Å²) in [6.45, 7) is 4.92. The van der Waals surface area contributed by atoms with E-state index in [1.807, 2.05) is 0 Å². The molecule has 3 unspecified atom stereocenters. The molecule has 0 bridgehead atoms. The van der Waals surface area contributed by atoms with Crippen molar-refractivity contribution in [2.24, 2.45) is 17.8 Å². The minimum atomic E-state index is 1.05. The van der Waals surface area contributed by atoms with Crippen molar-refractivity contribution in [3.8, 4) is 0 Å². The monoisotopic (exact) mass is 139 g/mol. The maximum atomic E-state index is 3.46. The first-order chi connectivity index (χ1) is 4.92. The Hall–Kier alpha value is -0.0400. The summed E-state index contributed by atoms with van der Waals surface area (Å²) in [5, 5.41) is 3.46. The van der Waals surface area contributed by atoms with E-state index in [4.69, 9.17) is 0 Å². The second kappa shape index (κ2) is 2.54. The highest BCUT2D eigenvalue weighted by molar-refractivity contribution is 4.92.